The molecular weight excluding hydrogens is 628 g/mol. The van der Waals surface area contributed by atoms with Crippen LogP contribution in [0.25, 0.3) is 16.9 Å². The van der Waals surface area contributed by atoms with E-state index < -0.39 is 74.3 Å². The van der Waals surface area contributed by atoms with E-state index in [1.54, 1.807) is 0 Å². The van der Waals surface area contributed by atoms with E-state index in [-0.39, 0.29) is 21.3 Å². The number of hydrogen-bond acceptors (Lipinski definition) is 8. The Kier molecular flexibility index (Phi) is 8.36. The maximum absolute atomic E-state index is 13.9. The number of amides is 1. The van der Waals surface area contributed by atoms with Gasteiger partial charge in [0.2, 0.25) is 0 Å². The van der Waals surface area contributed by atoms with Gasteiger partial charge in [0.05, 0.1) is 36.2 Å². The molecule has 3 heterocycles. The molecule has 3 aromatic heterocycles. The van der Waals surface area contributed by atoms with E-state index in [1.807, 2.05) is 4.72 Å². The molecule has 0 spiro atoms. The van der Waals surface area contributed by atoms with Gasteiger partial charge in [-0.25, -0.2) is 22.6 Å². The van der Waals surface area contributed by atoms with Gasteiger partial charge in [0.1, 0.15) is 8.55 Å². The summed E-state index contributed by atoms with van der Waals surface area (Å²) in [5.41, 5.74) is -4.03. The zero-order valence-corrected chi connectivity index (χ0v) is 22.3. The molecule has 1 amide bonds. The number of rotatable bonds is 8. The first-order valence-electron chi connectivity index (χ1n) is 11.0. The van der Waals surface area contributed by atoms with Crippen LogP contribution in [0.15, 0.2) is 46.7 Å². The van der Waals surface area contributed by atoms with Crippen LogP contribution in [0.1, 0.15) is 21.7 Å². The van der Waals surface area contributed by atoms with Gasteiger partial charge in [0.15, 0.2) is 17.0 Å². The average Bonchev–Trinajstić information content (AvgIpc) is 3.49. The summed E-state index contributed by atoms with van der Waals surface area (Å²) in [5, 5.41) is 24.1. The van der Waals surface area contributed by atoms with Crippen molar-refractivity contribution in [1.29, 1.82) is 0 Å². The van der Waals surface area contributed by atoms with Gasteiger partial charge in [-0.15, -0.1) is 11.3 Å². The molecule has 4 aromatic rings. The first-order valence-corrected chi connectivity index (χ1v) is 13.7. The number of thiophene rings is 1. The number of halogens is 7. The minimum atomic E-state index is -5.00. The number of nitrogens with one attached hydrogen (secondary N) is 2. The van der Waals surface area contributed by atoms with Crippen LogP contribution in [0.3, 0.4) is 0 Å². The van der Waals surface area contributed by atoms with Gasteiger partial charge >= 0.3 is 12.4 Å². The molecule has 19 heteroatoms. The van der Waals surface area contributed by atoms with E-state index in [9.17, 15) is 39.6 Å². The second-order valence-corrected chi connectivity index (χ2v) is 11.9. The number of aliphatic hydroxyl groups is 2. The zero-order valence-electron chi connectivity index (χ0n) is 20.0. The normalized spacial score (nSPS) is 12.8. The molecular formula is C22H16ClF6N5O5S2. The predicted octanol–water partition coefficient (Wildman–Crippen LogP) is 4.03. The van der Waals surface area contributed by atoms with Crippen LogP contribution in [0.5, 0.6) is 0 Å². The Labute approximate surface area is 235 Å². The molecule has 0 radical (unpaired) electrons. The molecule has 0 aliphatic carbocycles. The number of fused-ring (bicyclic) bond motifs is 1. The van der Waals surface area contributed by atoms with E-state index in [4.69, 9.17) is 21.8 Å². The number of hydrogen-bond donors (Lipinski definition) is 4. The van der Waals surface area contributed by atoms with Crippen molar-refractivity contribution in [3.05, 3.63) is 63.8 Å². The number of carbonyl (C=O) groups excluding carboxylic acids is 1. The maximum Gasteiger partial charge on any atom is 0.433 e. The van der Waals surface area contributed by atoms with Crippen molar-refractivity contribution in [2.24, 2.45) is 0 Å². The van der Waals surface area contributed by atoms with Crippen LogP contribution in [0, 0.1) is 0 Å². The Morgan fingerprint density at radius 1 is 1.02 bits per heavy atom. The first-order chi connectivity index (χ1) is 19.0. The monoisotopic (exact) mass is 643 g/mol. The van der Waals surface area contributed by atoms with Crippen molar-refractivity contribution in [1.82, 2.24) is 19.3 Å². The van der Waals surface area contributed by atoms with Crippen LogP contribution in [0.2, 0.25) is 4.34 Å². The van der Waals surface area contributed by atoms with Gasteiger partial charge in [-0.2, -0.15) is 31.4 Å². The highest BCUT2D eigenvalue weighted by Gasteiger charge is 2.36. The lowest BCUT2D eigenvalue weighted by atomic mass is 10.1. The van der Waals surface area contributed by atoms with Crippen LogP contribution >= 0.6 is 22.9 Å². The Balaban J connectivity index is 1.67. The molecule has 0 aliphatic rings. The zero-order chi connectivity index (χ0) is 30.3. The smallest absolute Gasteiger partial charge is 0.395 e. The Morgan fingerprint density at radius 3 is 2.22 bits per heavy atom. The average molecular weight is 644 g/mol. The molecule has 41 heavy (non-hydrogen) atoms. The van der Waals surface area contributed by atoms with Gasteiger partial charge in [-0.3, -0.25) is 4.79 Å². The molecule has 0 atom stereocenters. The number of carbonyl (C=O) groups is 1. The van der Waals surface area contributed by atoms with E-state index >= 15 is 0 Å². The summed E-state index contributed by atoms with van der Waals surface area (Å²) in [4.78, 5) is 16.8. The molecule has 220 valence electrons. The lowest BCUT2D eigenvalue weighted by molar-refractivity contribution is -0.142. The Morgan fingerprint density at radius 2 is 1.66 bits per heavy atom. The fraction of sp³-hybridized carbons (Fsp3) is 0.227. The van der Waals surface area contributed by atoms with Crippen molar-refractivity contribution in [3.63, 3.8) is 0 Å². The summed E-state index contributed by atoms with van der Waals surface area (Å²) in [7, 11) is -4.27. The third kappa shape index (κ3) is 6.62. The van der Waals surface area contributed by atoms with Crippen molar-refractivity contribution < 1.29 is 49.8 Å². The molecule has 0 aliphatic heterocycles. The molecule has 0 fully saturated rings. The number of anilines is 1. The van der Waals surface area contributed by atoms with Gasteiger partial charge < -0.3 is 15.5 Å². The molecule has 0 saturated heterocycles. The van der Waals surface area contributed by atoms with E-state index in [0.29, 0.717) is 34.1 Å². The highest BCUT2D eigenvalue weighted by molar-refractivity contribution is 7.91. The summed E-state index contributed by atoms with van der Waals surface area (Å²) < 4.78 is 107. The van der Waals surface area contributed by atoms with Crippen molar-refractivity contribution in [2.75, 3.05) is 18.5 Å². The highest BCUT2D eigenvalue weighted by atomic mass is 35.5. The van der Waals surface area contributed by atoms with Gasteiger partial charge in [0.25, 0.3) is 15.9 Å². The number of sulfonamides is 1. The molecule has 0 unspecified atom stereocenters. The van der Waals surface area contributed by atoms with Crippen LogP contribution in [0.4, 0.5) is 32.0 Å². The SMILES string of the molecule is O=C(Nc1cc(S(=O)(=O)NC(CO)CO)sc1Cl)c1cc2nc(-c3ccc(C(F)(F)F)cc3)cc(C(F)(F)F)n2n1. The minimum absolute atomic E-state index is 0.0600. The predicted molar refractivity (Wildman–Crippen MR) is 134 cm³/mol. The maximum atomic E-state index is 13.9. The topological polar surface area (TPSA) is 146 Å². The van der Waals surface area contributed by atoms with Gasteiger partial charge in [-0.05, 0) is 24.3 Å². The largest absolute Gasteiger partial charge is 0.433 e. The number of benzene rings is 1. The summed E-state index contributed by atoms with van der Waals surface area (Å²) >= 11 is 6.55. The molecule has 0 bridgehead atoms. The van der Waals surface area contributed by atoms with Gasteiger partial charge in [-0.1, -0.05) is 23.7 Å². The van der Waals surface area contributed by atoms with E-state index in [1.165, 1.54) is 0 Å². The quantitative estimate of drug-likeness (QED) is 0.212. The number of aromatic nitrogens is 3. The Hall–Kier alpha value is -3.29. The fourth-order valence-corrected chi connectivity index (χ4v) is 6.30. The number of alkyl halides is 6. The van der Waals surface area contributed by atoms with E-state index in [2.05, 4.69) is 15.4 Å². The van der Waals surface area contributed by atoms with Crippen LogP contribution in [-0.2, 0) is 22.4 Å². The molecule has 10 nitrogen and oxygen atoms in total. The van der Waals surface area contributed by atoms with Crippen molar-refractivity contribution in [3.8, 4) is 11.3 Å². The highest BCUT2D eigenvalue weighted by Crippen LogP contribution is 2.36. The molecule has 4 N–H and O–H groups in total. The summed E-state index contributed by atoms with van der Waals surface area (Å²) in [6.45, 7) is -1.41. The third-order valence-electron chi connectivity index (χ3n) is 5.40. The summed E-state index contributed by atoms with van der Waals surface area (Å²) in [5.74, 6) is -1.08. The summed E-state index contributed by atoms with van der Waals surface area (Å²) in [6.07, 6.45) is -9.66. The van der Waals surface area contributed by atoms with Gasteiger partial charge in [0, 0.05) is 11.6 Å². The second kappa shape index (κ2) is 11.2. The first kappa shape index (κ1) is 30.7. The van der Waals surface area contributed by atoms with Crippen molar-refractivity contribution in [2.45, 2.75) is 22.6 Å². The lowest BCUT2D eigenvalue weighted by Gasteiger charge is -2.12. The second-order valence-electron chi connectivity index (χ2n) is 8.29. The van der Waals surface area contributed by atoms with E-state index in [0.717, 1.165) is 24.3 Å². The molecule has 1 aromatic carbocycles. The third-order valence-corrected chi connectivity index (χ3v) is 8.75. The van der Waals surface area contributed by atoms with Crippen LogP contribution < -0.4 is 10.0 Å². The molecule has 0 saturated carbocycles. The minimum Gasteiger partial charge on any atom is -0.395 e. The van der Waals surface area contributed by atoms with Crippen molar-refractivity contribution >= 4 is 50.2 Å². The van der Waals surface area contributed by atoms with Crippen LogP contribution in [-0.4, -0.2) is 58.4 Å². The molecule has 4 rings (SSSR count). The fourth-order valence-electron chi connectivity index (χ4n) is 3.43. The standard InChI is InChI=1S/C22H16ClF6N5O5S2/c23-19-14(7-18(40-19)41(38,39)33-12(8-35)9-36)31-20(37)15-6-17-30-13(5-16(22(27,28)29)34(17)32-15)10-1-3-11(4-2-10)21(24,25)26/h1-7,12,33,35-36H,8-9H2,(H,31,37). The number of nitrogens with zero attached hydrogens (tertiary/aromatic N) is 3. The number of aliphatic hydroxyl groups excluding tert-OH is 2. The Bertz CT molecular complexity index is 1700. The lowest BCUT2D eigenvalue weighted by Crippen LogP contribution is -2.39. The summed E-state index contributed by atoms with van der Waals surface area (Å²) in [6, 6.07) is 4.48.